The van der Waals surface area contributed by atoms with Crippen LogP contribution in [0.1, 0.15) is 37.0 Å². The topological polar surface area (TPSA) is 86.8 Å². The normalized spacial score (nSPS) is 12.2. The number of carbonyl (C=O) groups excluding carboxylic acids is 2. The van der Waals surface area contributed by atoms with Crippen LogP contribution < -0.4 is 9.62 Å². The van der Waals surface area contributed by atoms with E-state index < -0.39 is 28.5 Å². The average Bonchev–Trinajstić information content (AvgIpc) is 2.76. The fourth-order valence-electron chi connectivity index (χ4n) is 3.37. The molecule has 0 saturated heterocycles. The first-order valence-electron chi connectivity index (χ1n) is 10.8. The van der Waals surface area contributed by atoms with Crippen molar-refractivity contribution in [3.63, 3.8) is 0 Å². The van der Waals surface area contributed by atoms with Crippen LogP contribution in [0.5, 0.6) is 0 Å². The van der Waals surface area contributed by atoms with Gasteiger partial charge < -0.3 is 10.2 Å². The SMILES string of the molecule is CCCNC(=O)[C@@H](C)N(Cc1ccc(Cl)cc1)C(=O)CN(c1cccc(C)c1C)S(C)(=O)=O. The molecule has 0 radical (unpaired) electrons. The summed E-state index contributed by atoms with van der Waals surface area (Å²) in [5.74, 6) is -0.771. The van der Waals surface area contributed by atoms with Crippen LogP contribution in [0.3, 0.4) is 0 Å². The van der Waals surface area contributed by atoms with Gasteiger partial charge in [-0.3, -0.25) is 13.9 Å². The van der Waals surface area contributed by atoms with E-state index >= 15 is 0 Å². The number of amides is 2. The van der Waals surface area contributed by atoms with Gasteiger partial charge in [0.05, 0.1) is 11.9 Å². The van der Waals surface area contributed by atoms with Gasteiger partial charge in [0.15, 0.2) is 0 Å². The van der Waals surface area contributed by atoms with E-state index in [9.17, 15) is 18.0 Å². The third-order valence-corrected chi connectivity index (χ3v) is 6.89. The Morgan fingerprint density at radius 3 is 2.30 bits per heavy atom. The number of rotatable bonds is 10. The minimum absolute atomic E-state index is 0.140. The molecule has 1 N–H and O–H groups in total. The Morgan fingerprint density at radius 1 is 1.09 bits per heavy atom. The van der Waals surface area contributed by atoms with Crippen molar-refractivity contribution in [1.29, 1.82) is 0 Å². The molecule has 0 saturated carbocycles. The summed E-state index contributed by atoms with van der Waals surface area (Å²) in [6.45, 7) is 7.50. The van der Waals surface area contributed by atoms with Crippen molar-refractivity contribution in [2.45, 2.75) is 46.7 Å². The monoisotopic (exact) mass is 493 g/mol. The second-order valence-corrected chi connectivity index (χ2v) is 10.4. The Labute approximate surface area is 201 Å². The predicted octanol–water partition coefficient (Wildman–Crippen LogP) is 3.67. The number of hydrogen-bond acceptors (Lipinski definition) is 4. The summed E-state index contributed by atoms with van der Waals surface area (Å²) in [5.41, 5.74) is 2.91. The summed E-state index contributed by atoms with van der Waals surface area (Å²) in [5, 5.41) is 3.37. The molecule has 7 nitrogen and oxygen atoms in total. The zero-order valence-corrected chi connectivity index (χ0v) is 21.3. The van der Waals surface area contributed by atoms with Crippen molar-refractivity contribution in [2.75, 3.05) is 23.7 Å². The molecular formula is C24H32ClN3O4S. The molecule has 180 valence electrons. The van der Waals surface area contributed by atoms with Crippen molar-refractivity contribution < 1.29 is 18.0 Å². The van der Waals surface area contributed by atoms with Gasteiger partial charge in [-0.2, -0.15) is 0 Å². The summed E-state index contributed by atoms with van der Waals surface area (Å²) in [7, 11) is -3.76. The first-order valence-corrected chi connectivity index (χ1v) is 13.0. The number of carbonyl (C=O) groups is 2. The van der Waals surface area contributed by atoms with E-state index in [1.54, 1.807) is 43.3 Å². The molecule has 33 heavy (non-hydrogen) atoms. The van der Waals surface area contributed by atoms with Crippen LogP contribution in [-0.2, 0) is 26.2 Å². The lowest BCUT2D eigenvalue weighted by atomic mass is 10.1. The third-order valence-electron chi connectivity index (χ3n) is 5.51. The number of sulfonamides is 1. The number of nitrogens with one attached hydrogen (secondary N) is 1. The highest BCUT2D eigenvalue weighted by atomic mass is 35.5. The van der Waals surface area contributed by atoms with E-state index in [1.165, 1.54) is 4.90 Å². The van der Waals surface area contributed by atoms with E-state index in [2.05, 4.69) is 5.32 Å². The van der Waals surface area contributed by atoms with Gasteiger partial charge in [-0.1, -0.05) is 42.8 Å². The maximum absolute atomic E-state index is 13.5. The summed E-state index contributed by atoms with van der Waals surface area (Å²) < 4.78 is 26.4. The van der Waals surface area contributed by atoms with Crippen LogP contribution in [-0.4, -0.2) is 50.5 Å². The zero-order chi connectivity index (χ0) is 24.8. The highest BCUT2D eigenvalue weighted by molar-refractivity contribution is 7.92. The summed E-state index contributed by atoms with van der Waals surface area (Å²) >= 11 is 5.98. The standard InChI is InChI=1S/C24H32ClN3O4S/c1-6-14-26-24(30)19(4)27(15-20-10-12-21(25)13-11-20)23(29)16-28(33(5,31)32)22-9-7-8-17(2)18(22)3/h7-13,19H,6,14-16H2,1-5H3,(H,26,30)/t19-/m1/s1. The molecule has 0 aromatic heterocycles. The Hall–Kier alpha value is -2.58. The number of halogens is 1. The van der Waals surface area contributed by atoms with Gasteiger partial charge in [-0.15, -0.1) is 0 Å². The van der Waals surface area contributed by atoms with Gasteiger partial charge >= 0.3 is 0 Å². The van der Waals surface area contributed by atoms with E-state index in [4.69, 9.17) is 11.6 Å². The number of aryl methyl sites for hydroxylation is 1. The van der Waals surface area contributed by atoms with E-state index in [1.807, 2.05) is 26.8 Å². The minimum Gasteiger partial charge on any atom is -0.354 e. The highest BCUT2D eigenvalue weighted by Crippen LogP contribution is 2.25. The molecule has 0 bridgehead atoms. The Morgan fingerprint density at radius 2 is 1.73 bits per heavy atom. The molecule has 2 aromatic rings. The Bertz CT molecular complexity index is 1090. The maximum atomic E-state index is 13.5. The smallest absolute Gasteiger partial charge is 0.244 e. The number of hydrogen-bond donors (Lipinski definition) is 1. The van der Waals surface area contributed by atoms with E-state index in [0.717, 1.165) is 33.7 Å². The first kappa shape index (κ1) is 26.7. The molecule has 2 aromatic carbocycles. The maximum Gasteiger partial charge on any atom is 0.244 e. The van der Waals surface area contributed by atoms with Gasteiger partial charge in [-0.25, -0.2) is 8.42 Å². The van der Waals surface area contributed by atoms with Gasteiger partial charge in [0.25, 0.3) is 0 Å². The Kier molecular flexibility index (Phi) is 9.31. The van der Waals surface area contributed by atoms with Crippen molar-refractivity contribution in [3.8, 4) is 0 Å². The van der Waals surface area contributed by atoms with Crippen LogP contribution in [0.4, 0.5) is 5.69 Å². The molecule has 9 heteroatoms. The van der Waals surface area contributed by atoms with Gasteiger partial charge in [0, 0.05) is 18.1 Å². The molecule has 0 aliphatic carbocycles. The molecule has 0 spiro atoms. The van der Waals surface area contributed by atoms with Crippen LogP contribution in [0.15, 0.2) is 42.5 Å². The number of nitrogens with zero attached hydrogens (tertiary/aromatic N) is 2. The van der Waals surface area contributed by atoms with Gasteiger partial charge in [0.1, 0.15) is 12.6 Å². The molecule has 0 aliphatic rings. The molecule has 0 unspecified atom stereocenters. The largest absolute Gasteiger partial charge is 0.354 e. The van der Waals surface area contributed by atoms with Crippen molar-refractivity contribution >= 4 is 39.1 Å². The fraction of sp³-hybridized carbons (Fsp3) is 0.417. The molecule has 0 heterocycles. The van der Waals surface area contributed by atoms with E-state index in [-0.39, 0.29) is 12.5 Å². The lowest BCUT2D eigenvalue weighted by molar-refractivity contribution is -0.139. The number of benzene rings is 2. The summed E-state index contributed by atoms with van der Waals surface area (Å²) in [4.78, 5) is 27.6. The predicted molar refractivity (Wildman–Crippen MR) is 133 cm³/mol. The van der Waals surface area contributed by atoms with Crippen molar-refractivity contribution in [1.82, 2.24) is 10.2 Å². The van der Waals surface area contributed by atoms with Gasteiger partial charge in [0.2, 0.25) is 21.8 Å². The summed E-state index contributed by atoms with van der Waals surface area (Å²) in [6.07, 6.45) is 1.83. The van der Waals surface area contributed by atoms with Crippen LogP contribution >= 0.6 is 11.6 Å². The lowest BCUT2D eigenvalue weighted by Crippen LogP contribution is -2.51. The van der Waals surface area contributed by atoms with Crippen LogP contribution in [0.25, 0.3) is 0 Å². The second-order valence-electron chi connectivity index (χ2n) is 8.10. The summed E-state index contributed by atoms with van der Waals surface area (Å²) in [6, 6.07) is 11.5. The molecular weight excluding hydrogens is 462 g/mol. The van der Waals surface area contributed by atoms with E-state index in [0.29, 0.717) is 17.3 Å². The highest BCUT2D eigenvalue weighted by Gasteiger charge is 2.30. The fourth-order valence-corrected chi connectivity index (χ4v) is 4.39. The molecule has 2 amide bonds. The number of anilines is 1. The van der Waals surface area contributed by atoms with Gasteiger partial charge in [-0.05, 0) is 62.1 Å². The lowest BCUT2D eigenvalue weighted by Gasteiger charge is -2.32. The zero-order valence-electron chi connectivity index (χ0n) is 19.8. The molecule has 0 fully saturated rings. The minimum atomic E-state index is -3.76. The Balaban J connectivity index is 2.40. The average molecular weight is 494 g/mol. The molecule has 1 atom stereocenters. The van der Waals surface area contributed by atoms with Crippen LogP contribution in [0.2, 0.25) is 5.02 Å². The van der Waals surface area contributed by atoms with Crippen molar-refractivity contribution in [3.05, 3.63) is 64.2 Å². The molecule has 2 rings (SSSR count). The quantitative estimate of drug-likeness (QED) is 0.547. The second kappa shape index (κ2) is 11.5. The van der Waals surface area contributed by atoms with Crippen molar-refractivity contribution in [2.24, 2.45) is 0 Å². The molecule has 0 aliphatic heterocycles. The third kappa shape index (κ3) is 7.20. The first-order chi connectivity index (χ1) is 15.5. The van der Waals surface area contributed by atoms with Crippen LogP contribution in [0, 0.1) is 13.8 Å².